The van der Waals surface area contributed by atoms with Gasteiger partial charge >= 0.3 is 0 Å². The highest BCUT2D eigenvalue weighted by atomic mass is 16.2. The topological polar surface area (TPSA) is 46.3 Å². The van der Waals surface area contributed by atoms with Crippen molar-refractivity contribution in [1.29, 1.82) is 0 Å². The summed E-state index contributed by atoms with van der Waals surface area (Å²) in [5, 5.41) is 0. The Labute approximate surface area is 127 Å². The van der Waals surface area contributed by atoms with Gasteiger partial charge in [0.05, 0.1) is 0 Å². The second-order valence-corrected chi connectivity index (χ2v) is 6.93. The van der Waals surface area contributed by atoms with Crippen molar-refractivity contribution in [3.8, 4) is 0 Å². The van der Waals surface area contributed by atoms with Crippen molar-refractivity contribution in [2.45, 2.75) is 38.1 Å². The zero-order valence-corrected chi connectivity index (χ0v) is 12.9. The largest absolute Gasteiger partial charge is 0.345 e. The monoisotopic (exact) mass is 286 g/mol. The maximum Gasteiger partial charge on any atom is 0.224 e. The summed E-state index contributed by atoms with van der Waals surface area (Å²) in [6.07, 6.45) is 5.92. The number of hydrogen-bond donors (Lipinski definition) is 1. The molecule has 3 rings (SSSR count). The summed E-state index contributed by atoms with van der Waals surface area (Å²) in [7, 11) is 1.94. The molecule has 4 unspecified atom stereocenters. The normalized spacial score (nSPS) is 28.6. The summed E-state index contributed by atoms with van der Waals surface area (Å²) in [5.41, 5.74) is 7.20. The lowest BCUT2D eigenvalue weighted by Gasteiger charge is -2.28. The van der Waals surface area contributed by atoms with Crippen LogP contribution in [0.4, 0.5) is 0 Å². The van der Waals surface area contributed by atoms with Crippen molar-refractivity contribution in [3.05, 3.63) is 35.9 Å². The second-order valence-electron chi connectivity index (χ2n) is 6.93. The van der Waals surface area contributed by atoms with Gasteiger partial charge in [-0.05, 0) is 42.6 Å². The summed E-state index contributed by atoms with van der Waals surface area (Å²) in [4.78, 5) is 14.3. The minimum absolute atomic E-state index is 0.175. The van der Waals surface area contributed by atoms with Crippen molar-refractivity contribution >= 4 is 5.91 Å². The van der Waals surface area contributed by atoms with E-state index in [0.717, 1.165) is 29.9 Å². The van der Waals surface area contributed by atoms with Gasteiger partial charge in [-0.25, -0.2) is 0 Å². The van der Waals surface area contributed by atoms with E-state index in [1.54, 1.807) is 0 Å². The molecular formula is C18H26N2O. The predicted molar refractivity (Wildman–Crippen MR) is 84.6 cm³/mol. The fraction of sp³-hybridized carbons (Fsp3) is 0.611. The van der Waals surface area contributed by atoms with Crippen LogP contribution in [0.15, 0.2) is 30.3 Å². The Kier molecular flexibility index (Phi) is 4.29. The first-order valence-electron chi connectivity index (χ1n) is 8.18. The molecule has 2 aliphatic carbocycles. The number of carbonyl (C=O) groups excluding carboxylic acids is 1. The van der Waals surface area contributed by atoms with Crippen LogP contribution in [-0.2, 0) is 4.79 Å². The van der Waals surface area contributed by atoms with Gasteiger partial charge < -0.3 is 10.6 Å². The van der Waals surface area contributed by atoms with Crippen LogP contribution >= 0.6 is 0 Å². The quantitative estimate of drug-likeness (QED) is 0.904. The maximum atomic E-state index is 12.4. The molecule has 114 valence electrons. The molecule has 0 aromatic heterocycles. The molecule has 0 radical (unpaired) electrons. The van der Waals surface area contributed by atoms with Gasteiger partial charge in [0.1, 0.15) is 0 Å². The number of nitrogens with zero attached hydrogens (tertiary/aromatic N) is 1. The van der Waals surface area contributed by atoms with Crippen LogP contribution in [0.1, 0.15) is 43.7 Å². The highest BCUT2D eigenvalue weighted by Gasteiger charge is 2.40. The zero-order chi connectivity index (χ0) is 14.8. The number of benzene rings is 1. The van der Waals surface area contributed by atoms with Crippen molar-refractivity contribution < 1.29 is 4.79 Å². The zero-order valence-electron chi connectivity index (χ0n) is 12.9. The van der Waals surface area contributed by atoms with E-state index in [0.29, 0.717) is 6.42 Å². The Morgan fingerprint density at radius 3 is 2.67 bits per heavy atom. The summed E-state index contributed by atoms with van der Waals surface area (Å²) >= 11 is 0. The number of nitrogens with two attached hydrogens (primary N) is 1. The minimum Gasteiger partial charge on any atom is -0.345 e. The maximum absolute atomic E-state index is 12.4. The first-order valence-corrected chi connectivity index (χ1v) is 8.18. The molecule has 1 aromatic carbocycles. The number of hydrogen-bond acceptors (Lipinski definition) is 2. The van der Waals surface area contributed by atoms with Gasteiger partial charge in [0.2, 0.25) is 5.91 Å². The van der Waals surface area contributed by atoms with Gasteiger partial charge in [0.25, 0.3) is 0 Å². The lowest BCUT2D eigenvalue weighted by atomic mass is 9.88. The molecule has 2 fully saturated rings. The van der Waals surface area contributed by atoms with Crippen LogP contribution in [0.25, 0.3) is 0 Å². The fourth-order valence-corrected chi connectivity index (χ4v) is 4.22. The standard InChI is InChI=1S/C18H26N2O/c1-20(12-16-10-13-7-8-15(16)9-13)18(21)11-17(19)14-5-3-2-4-6-14/h2-6,13,15-17H,7-12,19H2,1H3. The SMILES string of the molecule is CN(CC1CC2CCC1C2)C(=O)CC(N)c1ccccc1. The molecule has 3 heteroatoms. The number of fused-ring (bicyclic) bond motifs is 2. The molecule has 3 nitrogen and oxygen atoms in total. The Morgan fingerprint density at radius 1 is 1.29 bits per heavy atom. The van der Waals surface area contributed by atoms with Gasteiger partial charge in [0.15, 0.2) is 0 Å². The summed E-state index contributed by atoms with van der Waals surface area (Å²) in [6, 6.07) is 9.71. The highest BCUT2D eigenvalue weighted by Crippen LogP contribution is 2.48. The molecular weight excluding hydrogens is 260 g/mol. The summed E-state index contributed by atoms with van der Waals surface area (Å²) in [6.45, 7) is 0.918. The highest BCUT2D eigenvalue weighted by molar-refractivity contribution is 5.76. The van der Waals surface area contributed by atoms with E-state index in [-0.39, 0.29) is 11.9 Å². The first-order chi connectivity index (χ1) is 10.1. The van der Waals surface area contributed by atoms with Crippen molar-refractivity contribution in [1.82, 2.24) is 4.90 Å². The third-order valence-corrected chi connectivity index (χ3v) is 5.44. The molecule has 0 aliphatic heterocycles. The van der Waals surface area contributed by atoms with Crippen LogP contribution in [-0.4, -0.2) is 24.4 Å². The molecule has 1 amide bonds. The minimum atomic E-state index is -0.193. The fourth-order valence-electron chi connectivity index (χ4n) is 4.22. The number of rotatable bonds is 5. The molecule has 0 spiro atoms. The van der Waals surface area contributed by atoms with Gasteiger partial charge in [-0.3, -0.25) is 4.79 Å². The van der Waals surface area contributed by atoms with Gasteiger partial charge in [-0.1, -0.05) is 36.8 Å². The van der Waals surface area contributed by atoms with Crippen LogP contribution in [0, 0.1) is 17.8 Å². The Morgan fingerprint density at radius 2 is 2.05 bits per heavy atom. The smallest absolute Gasteiger partial charge is 0.224 e. The molecule has 2 N–H and O–H groups in total. The molecule has 4 atom stereocenters. The van der Waals surface area contributed by atoms with Crippen LogP contribution in [0.5, 0.6) is 0 Å². The van der Waals surface area contributed by atoms with Crippen LogP contribution < -0.4 is 5.73 Å². The molecule has 0 saturated heterocycles. The summed E-state index contributed by atoms with van der Waals surface area (Å²) < 4.78 is 0. The third kappa shape index (κ3) is 3.29. The van der Waals surface area contributed by atoms with Gasteiger partial charge in [-0.2, -0.15) is 0 Å². The number of carbonyl (C=O) groups is 1. The van der Waals surface area contributed by atoms with E-state index in [9.17, 15) is 4.79 Å². The van der Waals surface area contributed by atoms with E-state index in [2.05, 4.69) is 0 Å². The molecule has 2 aliphatic rings. The lowest BCUT2D eigenvalue weighted by molar-refractivity contribution is -0.131. The van der Waals surface area contributed by atoms with Crippen LogP contribution in [0.2, 0.25) is 0 Å². The molecule has 2 saturated carbocycles. The average Bonchev–Trinajstić information content (AvgIpc) is 3.10. The first kappa shape index (κ1) is 14.6. The Bertz CT molecular complexity index is 487. The molecule has 1 aromatic rings. The van der Waals surface area contributed by atoms with Gasteiger partial charge in [-0.15, -0.1) is 0 Å². The average molecular weight is 286 g/mol. The van der Waals surface area contributed by atoms with E-state index in [1.165, 1.54) is 25.7 Å². The Hall–Kier alpha value is -1.35. The van der Waals surface area contributed by atoms with E-state index in [4.69, 9.17) is 5.73 Å². The van der Waals surface area contributed by atoms with Gasteiger partial charge in [0, 0.05) is 26.1 Å². The van der Waals surface area contributed by atoms with Crippen molar-refractivity contribution in [3.63, 3.8) is 0 Å². The Balaban J connectivity index is 1.51. The molecule has 0 heterocycles. The van der Waals surface area contributed by atoms with E-state index >= 15 is 0 Å². The summed E-state index contributed by atoms with van der Waals surface area (Å²) in [5.74, 6) is 2.71. The molecule has 21 heavy (non-hydrogen) atoms. The van der Waals surface area contributed by atoms with E-state index in [1.807, 2.05) is 42.3 Å². The predicted octanol–water partition coefficient (Wildman–Crippen LogP) is 2.97. The number of amides is 1. The van der Waals surface area contributed by atoms with Crippen molar-refractivity contribution in [2.24, 2.45) is 23.5 Å². The van der Waals surface area contributed by atoms with Crippen molar-refractivity contribution in [2.75, 3.05) is 13.6 Å². The second kappa shape index (κ2) is 6.18. The molecule has 2 bridgehead atoms. The lowest BCUT2D eigenvalue weighted by Crippen LogP contribution is -2.35. The third-order valence-electron chi connectivity index (χ3n) is 5.44. The van der Waals surface area contributed by atoms with E-state index < -0.39 is 0 Å². The van der Waals surface area contributed by atoms with Crippen LogP contribution in [0.3, 0.4) is 0 Å².